The van der Waals surface area contributed by atoms with Crippen LogP contribution in [-0.4, -0.2) is 33.5 Å². The highest BCUT2D eigenvalue weighted by Gasteiger charge is 2.15. The molecule has 0 atom stereocenters. The Balaban J connectivity index is 1.49. The molecular weight excluding hydrogens is 350 g/mol. The Morgan fingerprint density at radius 3 is 2.61 bits per heavy atom. The molecule has 1 N–H and O–H groups in total. The van der Waals surface area contributed by atoms with Gasteiger partial charge in [0.15, 0.2) is 0 Å². The van der Waals surface area contributed by atoms with Crippen molar-refractivity contribution in [1.29, 1.82) is 0 Å². The summed E-state index contributed by atoms with van der Waals surface area (Å²) >= 11 is 0. The molecule has 0 saturated carbocycles. The molecule has 1 aromatic carbocycles. The van der Waals surface area contributed by atoms with Crippen molar-refractivity contribution in [2.24, 2.45) is 0 Å². The fourth-order valence-corrected chi connectivity index (χ4v) is 3.54. The van der Waals surface area contributed by atoms with Crippen LogP contribution < -0.4 is 10.2 Å². The zero-order valence-electron chi connectivity index (χ0n) is 16.1. The van der Waals surface area contributed by atoms with Crippen LogP contribution in [0.2, 0.25) is 0 Å². The number of anilines is 2. The lowest BCUT2D eigenvalue weighted by molar-refractivity contribution is -0.116. The minimum absolute atomic E-state index is 0.0755. The maximum absolute atomic E-state index is 12.5. The molecule has 28 heavy (non-hydrogen) atoms. The third-order valence-corrected chi connectivity index (χ3v) is 5.05. The molecule has 3 aromatic rings. The first-order valence-electron chi connectivity index (χ1n) is 9.78. The summed E-state index contributed by atoms with van der Waals surface area (Å²) in [6.45, 7) is 4.33. The summed E-state index contributed by atoms with van der Waals surface area (Å²) in [4.78, 5) is 23.8. The van der Waals surface area contributed by atoms with E-state index in [2.05, 4.69) is 26.3 Å². The van der Waals surface area contributed by atoms with Gasteiger partial charge >= 0.3 is 0 Å². The Labute approximate surface area is 165 Å². The number of carbonyl (C=O) groups excluding carboxylic acids is 1. The SMILES string of the molecule is Cc1ccc(NC(=O)Cn2ccnc2-c2ccnc(N3CCCCC3)c2)cc1. The molecule has 0 unspecified atom stereocenters. The van der Waals surface area contributed by atoms with Crippen molar-refractivity contribution >= 4 is 17.4 Å². The van der Waals surface area contributed by atoms with E-state index in [0.29, 0.717) is 0 Å². The molecule has 6 nitrogen and oxygen atoms in total. The largest absolute Gasteiger partial charge is 0.357 e. The molecule has 1 amide bonds. The summed E-state index contributed by atoms with van der Waals surface area (Å²) in [5, 5.41) is 2.94. The van der Waals surface area contributed by atoms with E-state index in [0.717, 1.165) is 41.5 Å². The molecule has 1 aliphatic rings. The summed E-state index contributed by atoms with van der Waals surface area (Å²) in [5.41, 5.74) is 2.94. The highest BCUT2D eigenvalue weighted by atomic mass is 16.1. The highest BCUT2D eigenvalue weighted by Crippen LogP contribution is 2.24. The number of nitrogens with zero attached hydrogens (tertiary/aromatic N) is 4. The van der Waals surface area contributed by atoms with E-state index in [1.54, 1.807) is 6.20 Å². The molecule has 3 heterocycles. The van der Waals surface area contributed by atoms with Gasteiger partial charge in [0.2, 0.25) is 5.91 Å². The van der Waals surface area contributed by atoms with Crippen LogP contribution in [0.5, 0.6) is 0 Å². The van der Waals surface area contributed by atoms with Gasteiger partial charge in [0.1, 0.15) is 18.2 Å². The number of aryl methyl sites for hydroxylation is 1. The molecule has 0 bridgehead atoms. The van der Waals surface area contributed by atoms with Gasteiger partial charge in [0, 0.05) is 42.9 Å². The normalized spacial score (nSPS) is 14.1. The zero-order valence-corrected chi connectivity index (χ0v) is 16.1. The van der Waals surface area contributed by atoms with Crippen molar-refractivity contribution in [3.8, 4) is 11.4 Å². The lowest BCUT2D eigenvalue weighted by Gasteiger charge is -2.27. The van der Waals surface area contributed by atoms with Gasteiger partial charge in [-0.3, -0.25) is 4.79 Å². The molecule has 1 fully saturated rings. The van der Waals surface area contributed by atoms with Crippen LogP contribution in [0.25, 0.3) is 11.4 Å². The number of hydrogen-bond donors (Lipinski definition) is 1. The van der Waals surface area contributed by atoms with Crippen LogP contribution in [0, 0.1) is 6.92 Å². The first-order chi connectivity index (χ1) is 13.7. The van der Waals surface area contributed by atoms with E-state index >= 15 is 0 Å². The fraction of sp³-hybridized carbons (Fsp3) is 0.318. The molecular formula is C22H25N5O. The van der Waals surface area contributed by atoms with Gasteiger partial charge in [0.05, 0.1) is 0 Å². The maximum atomic E-state index is 12.5. The number of nitrogens with one attached hydrogen (secondary N) is 1. The van der Waals surface area contributed by atoms with Gasteiger partial charge < -0.3 is 14.8 Å². The summed E-state index contributed by atoms with van der Waals surface area (Å²) in [6.07, 6.45) is 9.10. The predicted molar refractivity (Wildman–Crippen MR) is 111 cm³/mol. The monoisotopic (exact) mass is 375 g/mol. The van der Waals surface area contributed by atoms with E-state index < -0.39 is 0 Å². The van der Waals surface area contributed by atoms with Crippen molar-refractivity contribution in [2.75, 3.05) is 23.3 Å². The summed E-state index contributed by atoms with van der Waals surface area (Å²) < 4.78 is 1.87. The van der Waals surface area contributed by atoms with E-state index in [1.807, 2.05) is 54.2 Å². The first-order valence-corrected chi connectivity index (χ1v) is 9.78. The standard InChI is InChI=1S/C22H25N5O/c1-17-5-7-19(8-6-17)25-21(28)16-27-14-11-24-22(27)18-9-10-23-20(15-18)26-12-3-2-4-13-26/h5-11,14-15H,2-4,12-13,16H2,1H3,(H,25,28). The summed E-state index contributed by atoms with van der Waals surface area (Å²) in [5.74, 6) is 1.68. The molecule has 0 spiro atoms. The Bertz CT molecular complexity index is 942. The van der Waals surface area contributed by atoms with Crippen LogP contribution in [0.3, 0.4) is 0 Å². The van der Waals surface area contributed by atoms with Gasteiger partial charge in [-0.05, 0) is 50.5 Å². The number of hydrogen-bond acceptors (Lipinski definition) is 4. The maximum Gasteiger partial charge on any atom is 0.244 e. The Morgan fingerprint density at radius 2 is 1.82 bits per heavy atom. The number of piperidine rings is 1. The van der Waals surface area contributed by atoms with Crippen LogP contribution >= 0.6 is 0 Å². The second kappa shape index (κ2) is 8.25. The molecule has 2 aromatic heterocycles. The topological polar surface area (TPSA) is 63.1 Å². The number of amides is 1. The van der Waals surface area contributed by atoms with E-state index in [4.69, 9.17) is 0 Å². The van der Waals surface area contributed by atoms with Crippen molar-refractivity contribution in [1.82, 2.24) is 14.5 Å². The van der Waals surface area contributed by atoms with Crippen LogP contribution in [0.15, 0.2) is 55.0 Å². The van der Waals surface area contributed by atoms with Crippen molar-refractivity contribution in [3.05, 3.63) is 60.6 Å². The molecule has 6 heteroatoms. The summed E-state index contributed by atoms with van der Waals surface area (Å²) in [6, 6.07) is 11.8. The Morgan fingerprint density at radius 1 is 1.04 bits per heavy atom. The van der Waals surface area contributed by atoms with Gasteiger partial charge in [-0.15, -0.1) is 0 Å². The number of aromatic nitrogens is 3. The van der Waals surface area contributed by atoms with Crippen LogP contribution in [0.1, 0.15) is 24.8 Å². The van der Waals surface area contributed by atoms with Crippen molar-refractivity contribution in [2.45, 2.75) is 32.7 Å². The number of carbonyl (C=O) groups is 1. The predicted octanol–water partition coefficient (Wildman–Crippen LogP) is 3.88. The van der Waals surface area contributed by atoms with Crippen molar-refractivity contribution in [3.63, 3.8) is 0 Å². The highest BCUT2D eigenvalue weighted by molar-refractivity contribution is 5.90. The van der Waals surface area contributed by atoms with Crippen LogP contribution in [0.4, 0.5) is 11.5 Å². The smallest absolute Gasteiger partial charge is 0.244 e. The second-order valence-electron chi connectivity index (χ2n) is 7.24. The van der Waals surface area contributed by atoms with Gasteiger partial charge in [-0.1, -0.05) is 17.7 Å². The quantitative estimate of drug-likeness (QED) is 0.735. The minimum atomic E-state index is -0.0755. The van der Waals surface area contributed by atoms with E-state index in [9.17, 15) is 4.79 Å². The minimum Gasteiger partial charge on any atom is -0.357 e. The van der Waals surface area contributed by atoms with Gasteiger partial charge in [-0.2, -0.15) is 0 Å². The molecule has 0 aliphatic carbocycles. The molecule has 0 radical (unpaired) electrons. The van der Waals surface area contributed by atoms with Crippen molar-refractivity contribution < 1.29 is 4.79 Å². The number of imidazole rings is 1. The lowest BCUT2D eigenvalue weighted by atomic mass is 10.1. The van der Waals surface area contributed by atoms with Gasteiger partial charge in [-0.25, -0.2) is 9.97 Å². The Kier molecular flexibility index (Phi) is 5.37. The average Bonchev–Trinajstić information content (AvgIpc) is 3.18. The molecule has 4 rings (SSSR count). The van der Waals surface area contributed by atoms with E-state index in [1.165, 1.54) is 19.3 Å². The van der Waals surface area contributed by atoms with Gasteiger partial charge in [0.25, 0.3) is 0 Å². The second-order valence-corrected chi connectivity index (χ2v) is 7.24. The zero-order chi connectivity index (χ0) is 19.3. The summed E-state index contributed by atoms with van der Waals surface area (Å²) in [7, 11) is 0. The third-order valence-electron chi connectivity index (χ3n) is 5.05. The number of benzene rings is 1. The molecule has 144 valence electrons. The average molecular weight is 375 g/mol. The first kappa shape index (κ1) is 18.2. The number of rotatable bonds is 5. The Hall–Kier alpha value is -3.15. The number of pyridine rings is 1. The lowest BCUT2D eigenvalue weighted by Crippen LogP contribution is -2.30. The molecule has 1 saturated heterocycles. The third kappa shape index (κ3) is 4.22. The molecule has 1 aliphatic heterocycles. The van der Waals surface area contributed by atoms with E-state index in [-0.39, 0.29) is 12.5 Å². The fourth-order valence-electron chi connectivity index (χ4n) is 3.54. The van der Waals surface area contributed by atoms with Crippen LogP contribution in [-0.2, 0) is 11.3 Å².